The molecule has 1 aromatic rings. The maximum atomic E-state index is 12.5. The summed E-state index contributed by atoms with van der Waals surface area (Å²) in [5.41, 5.74) is 0.997. The Hall–Kier alpha value is -1.86. The average molecular weight is 381 g/mol. The van der Waals surface area contributed by atoms with Crippen LogP contribution in [0.3, 0.4) is 0 Å². The summed E-state index contributed by atoms with van der Waals surface area (Å²) in [6.45, 7) is 8.92. The summed E-state index contributed by atoms with van der Waals surface area (Å²) in [6, 6.07) is 6.89. The van der Waals surface area contributed by atoms with E-state index in [0.717, 1.165) is 30.9 Å². The minimum absolute atomic E-state index is 0.0821. The Morgan fingerprint density at radius 3 is 2.38 bits per heavy atom. The molecule has 0 saturated carbocycles. The van der Waals surface area contributed by atoms with Crippen LogP contribution in [0.25, 0.3) is 0 Å². The maximum absolute atomic E-state index is 12.5. The van der Waals surface area contributed by atoms with Crippen LogP contribution in [0, 0.1) is 0 Å². The first-order valence-corrected chi connectivity index (χ1v) is 10.3. The highest BCUT2D eigenvalue weighted by atomic mass is 32.2. The number of hydrogen-bond donors (Lipinski definition) is 1. The maximum Gasteiger partial charge on any atom is 0.243 e. The van der Waals surface area contributed by atoms with Gasteiger partial charge in [-0.15, -0.1) is 6.58 Å². The molecule has 0 spiro atoms. The zero-order chi connectivity index (χ0) is 19.7. The molecule has 0 unspecified atom stereocenters. The quantitative estimate of drug-likeness (QED) is 0.310. The smallest absolute Gasteiger partial charge is 0.243 e. The minimum Gasteiger partial charge on any atom is -0.352 e. The van der Waals surface area contributed by atoms with E-state index in [1.165, 1.54) is 4.31 Å². The van der Waals surface area contributed by atoms with E-state index in [0.29, 0.717) is 11.4 Å². The summed E-state index contributed by atoms with van der Waals surface area (Å²) < 4.78 is 26.4. The van der Waals surface area contributed by atoms with Crippen LogP contribution in [0.15, 0.2) is 46.8 Å². The second-order valence-electron chi connectivity index (χ2n) is 6.51. The third-order valence-electron chi connectivity index (χ3n) is 4.25. The number of unbranched alkanes of at least 4 members (excludes halogenated alkanes) is 1. The summed E-state index contributed by atoms with van der Waals surface area (Å²) >= 11 is 0. The van der Waals surface area contributed by atoms with Gasteiger partial charge < -0.3 is 10.2 Å². The van der Waals surface area contributed by atoms with Gasteiger partial charge in [0, 0.05) is 40.3 Å². The Kier molecular flexibility index (Phi) is 8.81. The third kappa shape index (κ3) is 6.14. The first kappa shape index (κ1) is 22.2. The number of sulfonamides is 1. The average Bonchev–Trinajstić information content (AvgIpc) is 2.62. The second kappa shape index (κ2) is 10.3. The molecule has 146 valence electrons. The van der Waals surface area contributed by atoms with Crippen molar-refractivity contribution in [1.29, 1.82) is 0 Å². The summed E-state index contributed by atoms with van der Waals surface area (Å²) in [5, 5.41) is 3.30. The van der Waals surface area contributed by atoms with Gasteiger partial charge in [0.2, 0.25) is 10.0 Å². The lowest BCUT2D eigenvalue weighted by Gasteiger charge is -2.22. The van der Waals surface area contributed by atoms with Crippen LogP contribution < -0.4 is 5.32 Å². The van der Waals surface area contributed by atoms with E-state index >= 15 is 0 Å². The highest BCUT2D eigenvalue weighted by Gasteiger charge is 2.22. The molecule has 0 saturated heterocycles. The number of nitrogens with zero attached hydrogens (tertiary/aromatic N) is 3. The van der Waals surface area contributed by atoms with E-state index in [9.17, 15) is 8.42 Å². The number of rotatable bonds is 9. The molecule has 0 bridgehead atoms. The highest BCUT2D eigenvalue weighted by Crippen LogP contribution is 2.17. The second-order valence-corrected chi connectivity index (χ2v) is 8.51. The SMILES string of the molecule is C=CCCCN(C)C(=NC)NCc1ccc(S(=O)(=O)N(C)C(C)C)cc1. The van der Waals surface area contributed by atoms with Crippen molar-refractivity contribution in [1.82, 2.24) is 14.5 Å². The van der Waals surface area contributed by atoms with Crippen molar-refractivity contribution in [2.24, 2.45) is 4.99 Å². The van der Waals surface area contributed by atoms with Crippen LogP contribution in [0.1, 0.15) is 32.3 Å². The van der Waals surface area contributed by atoms with E-state index < -0.39 is 10.0 Å². The van der Waals surface area contributed by atoms with Gasteiger partial charge in [-0.05, 0) is 44.4 Å². The molecule has 0 radical (unpaired) electrons. The van der Waals surface area contributed by atoms with E-state index in [4.69, 9.17) is 0 Å². The number of allylic oxidation sites excluding steroid dienone is 1. The molecule has 0 aromatic heterocycles. The predicted molar refractivity (Wildman–Crippen MR) is 109 cm³/mol. The van der Waals surface area contributed by atoms with Gasteiger partial charge in [-0.25, -0.2) is 8.42 Å². The van der Waals surface area contributed by atoms with Gasteiger partial charge in [0.05, 0.1) is 4.90 Å². The van der Waals surface area contributed by atoms with Crippen molar-refractivity contribution in [3.8, 4) is 0 Å². The van der Waals surface area contributed by atoms with Crippen LogP contribution in [0.2, 0.25) is 0 Å². The first-order valence-electron chi connectivity index (χ1n) is 8.83. The van der Waals surface area contributed by atoms with Crippen LogP contribution in [0.5, 0.6) is 0 Å². The summed E-state index contributed by atoms with van der Waals surface area (Å²) in [4.78, 5) is 6.66. The number of hydrogen-bond acceptors (Lipinski definition) is 3. The van der Waals surface area contributed by atoms with E-state index in [1.807, 2.05) is 39.1 Å². The van der Waals surface area contributed by atoms with Crippen molar-refractivity contribution in [3.05, 3.63) is 42.5 Å². The highest BCUT2D eigenvalue weighted by molar-refractivity contribution is 7.89. The Morgan fingerprint density at radius 2 is 1.88 bits per heavy atom. The van der Waals surface area contributed by atoms with Crippen molar-refractivity contribution >= 4 is 16.0 Å². The fourth-order valence-corrected chi connectivity index (χ4v) is 3.74. The van der Waals surface area contributed by atoms with Gasteiger partial charge >= 0.3 is 0 Å². The normalized spacial score (nSPS) is 12.5. The zero-order valence-corrected chi connectivity index (χ0v) is 17.4. The molecule has 6 nitrogen and oxygen atoms in total. The lowest BCUT2D eigenvalue weighted by molar-refractivity contribution is 0.410. The van der Waals surface area contributed by atoms with Gasteiger partial charge in [-0.1, -0.05) is 18.2 Å². The van der Waals surface area contributed by atoms with Gasteiger partial charge in [0.25, 0.3) is 0 Å². The molecule has 0 aliphatic rings. The molecule has 0 heterocycles. The van der Waals surface area contributed by atoms with E-state index in [1.54, 1.807) is 26.2 Å². The monoisotopic (exact) mass is 380 g/mol. The molecular weight excluding hydrogens is 348 g/mol. The van der Waals surface area contributed by atoms with Gasteiger partial charge in [-0.2, -0.15) is 4.31 Å². The zero-order valence-electron chi connectivity index (χ0n) is 16.6. The Labute approximate surface area is 158 Å². The fourth-order valence-electron chi connectivity index (χ4n) is 2.37. The third-order valence-corrected chi connectivity index (χ3v) is 6.30. The number of guanidine groups is 1. The van der Waals surface area contributed by atoms with Crippen LogP contribution in [0.4, 0.5) is 0 Å². The summed E-state index contributed by atoms with van der Waals surface area (Å²) in [5.74, 6) is 0.810. The topological polar surface area (TPSA) is 65.0 Å². The van der Waals surface area contributed by atoms with Crippen molar-refractivity contribution in [2.45, 2.75) is 44.2 Å². The van der Waals surface area contributed by atoms with Crippen molar-refractivity contribution in [2.75, 3.05) is 27.7 Å². The molecule has 0 fully saturated rings. The van der Waals surface area contributed by atoms with Crippen molar-refractivity contribution < 1.29 is 8.42 Å². The Bertz CT molecular complexity index is 697. The Morgan fingerprint density at radius 1 is 1.27 bits per heavy atom. The molecule has 1 N–H and O–H groups in total. The molecular formula is C19H32N4O2S. The van der Waals surface area contributed by atoms with E-state index in [-0.39, 0.29) is 6.04 Å². The fraction of sp³-hybridized carbons (Fsp3) is 0.526. The lowest BCUT2D eigenvalue weighted by atomic mass is 10.2. The molecule has 0 aliphatic carbocycles. The largest absolute Gasteiger partial charge is 0.352 e. The van der Waals surface area contributed by atoms with Gasteiger partial charge in [-0.3, -0.25) is 4.99 Å². The molecule has 1 aromatic carbocycles. The van der Waals surface area contributed by atoms with Crippen molar-refractivity contribution in [3.63, 3.8) is 0 Å². The predicted octanol–water partition coefficient (Wildman–Crippen LogP) is 2.69. The Balaban J connectivity index is 2.71. The van der Waals surface area contributed by atoms with Gasteiger partial charge in [0.1, 0.15) is 0 Å². The number of benzene rings is 1. The summed E-state index contributed by atoms with van der Waals surface area (Å²) in [6.07, 6.45) is 3.91. The van der Waals surface area contributed by atoms with Crippen LogP contribution in [-0.4, -0.2) is 57.3 Å². The van der Waals surface area contributed by atoms with Gasteiger partial charge in [0.15, 0.2) is 5.96 Å². The molecule has 0 amide bonds. The standard InChI is InChI=1S/C19H32N4O2S/c1-7-8-9-14-22(5)19(20-4)21-15-17-10-12-18(13-11-17)26(24,25)23(6)16(2)3/h7,10-13,16H,1,8-9,14-15H2,2-6H3,(H,20,21). The lowest BCUT2D eigenvalue weighted by Crippen LogP contribution is -2.39. The first-order chi connectivity index (χ1) is 12.2. The molecule has 0 aliphatic heterocycles. The number of aliphatic imine (C=N–C) groups is 1. The number of nitrogens with one attached hydrogen (secondary N) is 1. The van der Waals surface area contributed by atoms with Crippen LogP contribution in [-0.2, 0) is 16.6 Å². The molecule has 7 heteroatoms. The van der Waals surface area contributed by atoms with E-state index in [2.05, 4.69) is 21.8 Å². The minimum atomic E-state index is -3.44. The summed E-state index contributed by atoms with van der Waals surface area (Å²) in [7, 11) is 1.90. The molecule has 0 atom stereocenters. The molecule has 1 rings (SSSR count). The van der Waals surface area contributed by atoms with Crippen LogP contribution >= 0.6 is 0 Å². The molecule has 26 heavy (non-hydrogen) atoms.